The Balaban J connectivity index is 1.24. The van der Waals surface area contributed by atoms with Crippen molar-refractivity contribution >= 4 is 34.9 Å². The van der Waals surface area contributed by atoms with Crippen molar-refractivity contribution in [3.05, 3.63) is 52.2 Å². The lowest BCUT2D eigenvalue weighted by Crippen LogP contribution is -2.55. The molecule has 2 aromatic rings. The Kier molecular flexibility index (Phi) is 8.21. The average Bonchev–Trinajstić information content (AvgIpc) is 3.50. The third kappa shape index (κ3) is 6.41. The number of hydrogen-bond donors (Lipinski definition) is 5. The summed E-state index contributed by atoms with van der Waals surface area (Å²) in [6.07, 6.45) is 1.37. The smallest absolute Gasteiger partial charge is 0.243 e. The Morgan fingerprint density at radius 1 is 1.22 bits per heavy atom. The van der Waals surface area contributed by atoms with Gasteiger partial charge in [-0.3, -0.25) is 19.8 Å². The van der Waals surface area contributed by atoms with Crippen LogP contribution in [0.15, 0.2) is 41.8 Å². The van der Waals surface area contributed by atoms with E-state index in [1.54, 1.807) is 16.3 Å². The number of nitrogen functional groups attached to an aromatic ring is 1. The molecule has 11 heteroatoms. The molecule has 1 spiro atoms. The fraction of sp³-hybridized carbons (Fsp3) is 0.440. The van der Waals surface area contributed by atoms with Crippen LogP contribution in [0.25, 0.3) is 0 Å². The maximum absolute atomic E-state index is 13.0. The highest BCUT2D eigenvalue weighted by atomic mass is 32.1. The molecule has 1 aromatic heterocycles. The van der Waals surface area contributed by atoms with E-state index in [0.717, 1.165) is 23.7 Å². The second kappa shape index (κ2) is 11.5. The molecule has 3 amide bonds. The summed E-state index contributed by atoms with van der Waals surface area (Å²) in [5.41, 5.74) is 6.04. The molecule has 1 aromatic carbocycles. The second-order valence-corrected chi connectivity index (χ2v) is 10.3. The molecule has 3 heterocycles. The van der Waals surface area contributed by atoms with Crippen LogP contribution in [0.5, 0.6) is 5.75 Å². The summed E-state index contributed by atoms with van der Waals surface area (Å²) in [4.78, 5) is 40.8. The molecule has 2 saturated heterocycles. The van der Waals surface area contributed by atoms with Crippen LogP contribution in [0.1, 0.15) is 29.7 Å². The monoisotopic (exact) mass is 512 g/mol. The maximum Gasteiger partial charge on any atom is 0.243 e. The molecular weight excluding hydrogens is 480 g/mol. The number of nitrogens with one attached hydrogen (secondary N) is 4. The van der Waals surface area contributed by atoms with Crippen LogP contribution < -0.4 is 26.4 Å². The van der Waals surface area contributed by atoms with Crippen LogP contribution in [-0.2, 0) is 20.9 Å². The number of carbonyl (C=O) groups excluding carboxylic acids is 3. The predicted molar refractivity (Wildman–Crippen MR) is 137 cm³/mol. The first-order chi connectivity index (χ1) is 17.3. The molecular formula is C25H32N6O4S. The van der Waals surface area contributed by atoms with Crippen LogP contribution in [0.3, 0.4) is 0 Å². The number of amides is 3. The molecule has 4 rings (SSSR count). The van der Waals surface area contributed by atoms with Gasteiger partial charge in [-0.1, -0.05) is 18.2 Å². The van der Waals surface area contributed by atoms with E-state index in [2.05, 4.69) is 16.0 Å². The van der Waals surface area contributed by atoms with Crippen molar-refractivity contribution in [2.24, 2.45) is 11.1 Å². The summed E-state index contributed by atoms with van der Waals surface area (Å²) in [5.74, 6) is 0.0436. The fourth-order valence-electron chi connectivity index (χ4n) is 4.50. The van der Waals surface area contributed by atoms with Crippen molar-refractivity contribution in [3.63, 3.8) is 0 Å². The third-order valence-corrected chi connectivity index (χ3v) is 7.47. The van der Waals surface area contributed by atoms with Gasteiger partial charge in [0.2, 0.25) is 17.7 Å². The van der Waals surface area contributed by atoms with Crippen molar-refractivity contribution in [2.75, 3.05) is 32.8 Å². The molecule has 0 saturated carbocycles. The zero-order valence-electron chi connectivity index (χ0n) is 20.0. The van der Waals surface area contributed by atoms with Crippen LogP contribution >= 0.6 is 11.3 Å². The van der Waals surface area contributed by atoms with Gasteiger partial charge in [-0.15, -0.1) is 11.3 Å². The Morgan fingerprint density at radius 2 is 2.00 bits per heavy atom. The minimum absolute atomic E-state index is 0.0124. The van der Waals surface area contributed by atoms with Crippen molar-refractivity contribution in [1.82, 2.24) is 20.9 Å². The summed E-state index contributed by atoms with van der Waals surface area (Å²) >= 11 is 1.42. The van der Waals surface area contributed by atoms with E-state index in [9.17, 15) is 14.4 Å². The number of thiophene rings is 1. The van der Waals surface area contributed by atoms with Gasteiger partial charge in [-0.25, -0.2) is 0 Å². The number of benzene rings is 1. The van der Waals surface area contributed by atoms with Crippen LogP contribution in [0, 0.1) is 10.8 Å². The SMILES string of the molecule is N=C(N)c1csc(CNC(=O)C2CC3(CNC3)CN2C(=O)CNC(=O)CCCOc2ccccc2)c1. The molecule has 1 unspecified atom stereocenters. The van der Waals surface area contributed by atoms with Crippen molar-refractivity contribution in [3.8, 4) is 5.75 Å². The number of amidine groups is 1. The second-order valence-electron chi connectivity index (χ2n) is 9.32. The average molecular weight is 513 g/mol. The Hall–Kier alpha value is -3.44. The van der Waals surface area contributed by atoms with Gasteiger partial charge in [-0.05, 0) is 31.0 Å². The summed E-state index contributed by atoms with van der Waals surface area (Å²) < 4.78 is 5.59. The highest BCUT2D eigenvalue weighted by Crippen LogP contribution is 2.38. The molecule has 2 aliphatic heterocycles. The van der Waals surface area contributed by atoms with Crippen molar-refractivity contribution in [1.29, 1.82) is 5.41 Å². The van der Waals surface area contributed by atoms with Gasteiger partial charge in [0.1, 0.15) is 17.6 Å². The largest absolute Gasteiger partial charge is 0.494 e. The van der Waals surface area contributed by atoms with Gasteiger partial charge < -0.3 is 31.3 Å². The number of para-hydroxylation sites is 1. The Morgan fingerprint density at radius 3 is 2.67 bits per heavy atom. The van der Waals surface area contributed by atoms with Gasteiger partial charge in [0, 0.05) is 47.3 Å². The topological polar surface area (TPSA) is 150 Å². The number of rotatable bonds is 11. The molecule has 1 atom stereocenters. The van der Waals surface area contributed by atoms with Crippen LogP contribution in [0.2, 0.25) is 0 Å². The van der Waals surface area contributed by atoms with Crippen molar-refractivity contribution < 1.29 is 19.1 Å². The number of hydrogen-bond acceptors (Lipinski definition) is 7. The Labute approximate surface area is 214 Å². The highest BCUT2D eigenvalue weighted by Gasteiger charge is 2.51. The molecule has 10 nitrogen and oxygen atoms in total. The molecule has 0 aliphatic carbocycles. The van der Waals surface area contributed by atoms with Gasteiger partial charge in [0.05, 0.1) is 19.7 Å². The van der Waals surface area contributed by atoms with Crippen LogP contribution in [0.4, 0.5) is 0 Å². The quantitative estimate of drug-likeness (QED) is 0.171. The van der Waals surface area contributed by atoms with Crippen LogP contribution in [-0.4, -0.2) is 67.3 Å². The van der Waals surface area contributed by atoms with Gasteiger partial charge >= 0.3 is 0 Å². The molecule has 0 radical (unpaired) electrons. The van der Waals surface area contributed by atoms with E-state index < -0.39 is 6.04 Å². The van der Waals surface area contributed by atoms with E-state index in [1.165, 1.54) is 11.3 Å². The minimum atomic E-state index is -0.581. The predicted octanol–water partition coefficient (Wildman–Crippen LogP) is 0.814. The minimum Gasteiger partial charge on any atom is -0.494 e. The molecule has 192 valence electrons. The standard InChI is InChI=1S/C25H32N6O4S/c26-23(27)17-9-19(36-13-17)11-30-24(34)20-10-25(14-28-15-25)16-31(20)22(33)12-29-21(32)7-4-8-35-18-5-2-1-3-6-18/h1-3,5-6,9,13,20,28H,4,7-8,10-12,14-16H2,(H3,26,27)(H,29,32)(H,30,34). The normalized spacial score (nSPS) is 17.9. The lowest BCUT2D eigenvalue weighted by molar-refractivity contribution is -0.138. The highest BCUT2D eigenvalue weighted by molar-refractivity contribution is 7.10. The molecule has 0 bridgehead atoms. The first-order valence-corrected chi connectivity index (χ1v) is 12.9. The molecule has 6 N–H and O–H groups in total. The maximum atomic E-state index is 13.0. The zero-order valence-corrected chi connectivity index (χ0v) is 20.9. The molecule has 36 heavy (non-hydrogen) atoms. The summed E-state index contributed by atoms with van der Waals surface area (Å²) in [5, 5.41) is 18.1. The van der Waals surface area contributed by atoms with Crippen molar-refractivity contribution in [2.45, 2.75) is 31.8 Å². The van der Waals surface area contributed by atoms with E-state index in [1.807, 2.05) is 30.3 Å². The lowest BCUT2D eigenvalue weighted by Gasteiger charge is -2.38. The first kappa shape index (κ1) is 25.6. The number of ether oxygens (including phenoxy) is 1. The van der Waals surface area contributed by atoms with E-state index in [4.69, 9.17) is 15.9 Å². The summed E-state index contributed by atoms with van der Waals surface area (Å²) in [6.45, 7) is 2.60. The Bertz CT molecular complexity index is 1100. The lowest BCUT2D eigenvalue weighted by atomic mass is 9.79. The van der Waals surface area contributed by atoms with E-state index >= 15 is 0 Å². The number of carbonyl (C=O) groups is 3. The summed E-state index contributed by atoms with van der Waals surface area (Å²) in [7, 11) is 0. The number of nitrogens with zero attached hydrogens (tertiary/aromatic N) is 1. The third-order valence-electron chi connectivity index (χ3n) is 6.53. The van der Waals surface area contributed by atoms with E-state index in [-0.39, 0.29) is 41.9 Å². The number of likely N-dealkylation sites (tertiary alicyclic amines) is 1. The fourth-order valence-corrected chi connectivity index (χ4v) is 5.32. The van der Waals surface area contributed by atoms with E-state index in [0.29, 0.717) is 38.1 Å². The van der Waals surface area contributed by atoms with Gasteiger partial charge in [-0.2, -0.15) is 0 Å². The first-order valence-electron chi connectivity index (χ1n) is 12.0. The molecule has 2 aliphatic rings. The zero-order chi connectivity index (χ0) is 25.5. The van der Waals surface area contributed by atoms with Gasteiger partial charge in [0.15, 0.2) is 0 Å². The number of nitrogens with two attached hydrogens (primary N) is 1. The molecule has 2 fully saturated rings. The van der Waals surface area contributed by atoms with Gasteiger partial charge in [0.25, 0.3) is 0 Å². The summed E-state index contributed by atoms with van der Waals surface area (Å²) in [6, 6.07) is 10.6.